The number of carbonyl (C=O) groups excluding carboxylic acids is 4. The second-order valence-electron chi connectivity index (χ2n) is 30.2. The van der Waals surface area contributed by atoms with E-state index in [1.807, 2.05) is 18.7 Å². The van der Waals surface area contributed by atoms with E-state index in [0.29, 0.717) is 97.3 Å². The van der Waals surface area contributed by atoms with E-state index in [1.54, 1.807) is 0 Å². The van der Waals surface area contributed by atoms with E-state index >= 15 is 0 Å². The molecule has 0 radical (unpaired) electrons. The average molecular weight is 1310 g/mol. The molecule has 6 heterocycles. The van der Waals surface area contributed by atoms with Crippen molar-refractivity contribution in [2.24, 2.45) is 41.2 Å². The van der Waals surface area contributed by atoms with Gasteiger partial charge in [-0.2, -0.15) is 0 Å². The molecule has 2 atom stereocenters. The molecule has 6 saturated heterocycles. The van der Waals surface area contributed by atoms with E-state index in [9.17, 15) is 19.2 Å². The quantitative estimate of drug-likeness (QED) is 0.0723. The Morgan fingerprint density at radius 3 is 1.36 bits per heavy atom. The van der Waals surface area contributed by atoms with Crippen molar-refractivity contribution in [3.05, 3.63) is 0 Å². The Bertz CT molecular complexity index is 1710. The van der Waals surface area contributed by atoms with Gasteiger partial charge in [0, 0.05) is 123 Å². The van der Waals surface area contributed by atoms with Crippen LogP contribution in [0.15, 0.2) is 0 Å². The molecular weight excluding hydrogens is 1150 g/mol. The van der Waals surface area contributed by atoms with Crippen LogP contribution in [-0.2, 0) is 42.9 Å². The van der Waals surface area contributed by atoms with Crippen molar-refractivity contribution in [1.82, 2.24) is 29.4 Å². The molecule has 1 amide bonds. The Kier molecular flexibility index (Phi) is 56.8. The Morgan fingerprint density at radius 1 is 0.467 bits per heavy atom. The molecule has 0 aromatic carbocycles. The van der Waals surface area contributed by atoms with Crippen molar-refractivity contribution >= 4 is 23.3 Å². The molecule has 7 fully saturated rings. The van der Waals surface area contributed by atoms with E-state index in [0.717, 1.165) is 155 Å². The first-order valence-corrected chi connectivity index (χ1v) is 37.9. The molecular formula is C76H153N7O9. The number of ether oxygens (including phenoxy) is 5. The Balaban J connectivity index is 0.00000103. The number of likely N-dealkylation sites (tertiary alicyclic amines) is 3. The second-order valence-corrected chi connectivity index (χ2v) is 30.2. The molecule has 6 aliphatic heterocycles. The smallest absolute Gasteiger partial charge is 0.222 e. The van der Waals surface area contributed by atoms with Gasteiger partial charge in [0.25, 0.3) is 0 Å². The molecule has 0 aromatic heterocycles. The maximum atomic E-state index is 11.7. The number of hydrogen-bond donors (Lipinski definition) is 1. The van der Waals surface area contributed by atoms with Gasteiger partial charge in [-0.15, -0.1) is 0 Å². The molecule has 92 heavy (non-hydrogen) atoms. The minimum Gasteiger partial charge on any atom is -0.379 e. The number of piperidine rings is 1. The topological polar surface area (TPSA) is 160 Å². The molecule has 2 N–H and O–H groups in total. The standard InChI is InChI=1S/C12H23NO.C11H22N2O.C11H20O2.C9H19NO2.C9H19NO.C9H18O.C8H17N.C7H15NO/c1-11(2)10-12(14)6-9-13-7-4-3-5-8-13;1-10(2)4-5-11(14)13-8-6-12(3)7-9-13;1-9(2)8-10(12)5-6-11-4-3-7-13-11;1-9(2)12-8-5-10-3-6-11-7-4-10;1-9(2)11-8-7-10-5-3-4-6-10;1-8(2)7-10-9-5-3-4-6-9;1-7(2)8(3)9-5-4-6-9;1-6(2)5-7(9)3-4-8/h11H,3-10H2,1-2H3;10H,4-9H2,1-3H3;9,11H,3-8H2,1-2H3;9H,3-8H2,1-2H3;9H,3-8H2,1-2H3;8-9H,3-7H2,1-2H3;7-8H,4-6H2,1-3H3;6H,3-5,8H2,1-2H3. The SMILES string of the molecule is CC(C)C(C)N1CCC1.CC(C)CC(=O)CCC1CCCO1.CC(C)CC(=O)CCN.CC(C)CC(=O)CCN1CCCCC1.CC(C)CCC(=O)N1CCN(C)CC1.CC(C)COC1CCCC1.CC(C)OCCN1CCCC1.CC(C)OCCN1CCOCC1. The number of carbonyl (C=O) groups is 4. The van der Waals surface area contributed by atoms with Crippen molar-refractivity contribution < 1.29 is 42.9 Å². The van der Waals surface area contributed by atoms with Gasteiger partial charge in [0.1, 0.15) is 17.3 Å². The number of nitrogens with two attached hydrogens (primary N) is 1. The zero-order chi connectivity index (χ0) is 69.1. The molecule has 546 valence electrons. The molecule has 7 aliphatic rings. The van der Waals surface area contributed by atoms with Gasteiger partial charge in [-0.3, -0.25) is 24.1 Å². The van der Waals surface area contributed by atoms with Crippen LogP contribution < -0.4 is 5.73 Å². The van der Waals surface area contributed by atoms with Crippen LogP contribution in [0.1, 0.15) is 253 Å². The lowest BCUT2D eigenvalue weighted by atomic mass is 10.0. The van der Waals surface area contributed by atoms with E-state index in [4.69, 9.17) is 29.4 Å². The van der Waals surface area contributed by atoms with Crippen LogP contribution in [0.5, 0.6) is 0 Å². The summed E-state index contributed by atoms with van der Waals surface area (Å²) in [5.74, 6) is 5.09. The highest BCUT2D eigenvalue weighted by molar-refractivity contribution is 5.79. The number of piperazine rings is 1. The molecule has 7 rings (SSSR count). The molecule has 2 unspecified atom stereocenters. The predicted octanol–water partition coefficient (Wildman–Crippen LogP) is 13.8. The van der Waals surface area contributed by atoms with Gasteiger partial charge in [-0.25, -0.2) is 0 Å². The highest BCUT2D eigenvalue weighted by Crippen LogP contribution is 2.22. The monoisotopic (exact) mass is 1310 g/mol. The zero-order valence-corrected chi connectivity index (χ0v) is 63.7. The number of ketones is 3. The van der Waals surface area contributed by atoms with E-state index in [-0.39, 0.29) is 5.78 Å². The van der Waals surface area contributed by atoms with Crippen LogP contribution in [0.4, 0.5) is 0 Å². The minimum absolute atomic E-state index is 0.285. The predicted molar refractivity (Wildman–Crippen MR) is 387 cm³/mol. The zero-order valence-electron chi connectivity index (χ0n) is 63.7. The lowest BCUT2D eigenvalue weighted by molar-refractivity contribution is -0.133. The highest BCUT2D eigenvalue weighted by atomic mass is 16.5. The number of likely N-dealkylation sites (N-methyl/N-ethyl adjacent to an activating group) is 1. The largest absolute Gasteiger partial charge is 0.379 e. The lowest BCUT2D eigenvalue weighted by Crippen LogP contribution is -2.47. The summed E-state index contributed by atoms with van der Waals surface area (Å²) in [6, 6.07) is 0.804. The van der Waals surface area contributed by atoms with Crippen molar-refractivity contribution in [3.8, 4) is 0 Å². The Labute approximate surface area is 568 Å². The number of rotatable bonds is 30. The summed E-state index contributed by atoms with van der Waals surface area (Å²) in [4.78, 5) is 59.4. The van der Waals surface area contributed by atoms with E-state index in [2.05, 4.69) is 135 Å². The summed E-state index contributed by atoms with van der Waals surface area (Å²) in [5, 5.41) is 0. The van der Waals surface area contributed by atoms with Gasteiger partial charge >= 0.3 is 0 Å². The maximum Gasteiger partial charge on any atom is 0.222 e. The van der Waals surface area contributed by atoms with E-state index < -0.39 is 0 Å². The van der Waals surface area contributed by atoms with Gasteiger partial charge in [-0.1, -0.05) is 102 Å². The van der Waals surface area contributed by atoms with Gasteiger partial charge in [0.15, 0.2) is 0 Å². The minimum atomic E-state index is 0.285. The third kappa shape index (κ3) is 55.1. The summed E-state index contributed by atoms with van der Waals surface area (Å²) in [5.41, 5.74) is 5.18. The van der Waals surface area contributed by atoms with Crippen molar-refractivity contribution in [3.63, 3.8) is 0 Å². The van der Waals surface area contributed by atoms with Crippen molar-refractivity contribution in [1.29, 1.82) is 0 Å². The van der Waals surface area contributed by atoms with E-state index in [1.165, 1.54) is 110 Å². The second kappa shape index (κ2) is 58.0. The number of morpholine rings is 1. The van der Waals surface area contributed by atoms with Crippen LogP contribution in [0.2, 0.25) is 0 Å². The van der Waals surface area contributed by atoms with Crippen LogP contribution in [0, 0.1) is 35.5 Å². The number of nitrogens with zero attached hydrogens (tertiary/aromatic N) is 6. The molecule has 0 spiro atoms. The van der Waals surface area contributed by atoms with Crippen LogP contribution in [-0.4, -0.2) is 235 Å². The summed E-state index contributed by atoms with van der Waals surface area (Å²) in [6.45, 7) is 59.0. The molecule has 0 aromatic rings. The molecule has 1 aliphatic carbocycles. The first-order chi connectivity index (χ1) is 43.7. The maximum absolute atomic E-state index is 11.7. The summed E-state index contributed by atoms with van der Waals surface area (Å²) < 4.78 is 27.3. The van der Waals surface area contributed by atoms with Crippen molar-refractivity contribution in [2.75, 3.05) is 151 Å². The fourth-order valence-corrected chi connectivity index (χ4v) is 11.3. The Morgan fingerprint density at radius 2 is 0.946 bits per heavy atom. The van der Waals surface area contributed by atoms with Crippen LogP contribution >= 0.6 is 0 Å². The van der Waals surface area contributed by atoms with Gasteiger partial charge in [0.2, 0.25) is 5.91 Å². The fourth-order valence-electron chi connectivity index (χ4n) is 11.3. The lowest BCUT2D eigenvalue weighted by Gasteiger charge is -2.38. The average Bonchev–Trinajstić information content (AvgIpc) is 2.30. The third-order valence-electron chi connectivity index (χ3n) is 17.5. The van der Waals surface area contributed by atoms with Crippen LogP contribution in [0.25, 0.3) is 0 Å². The van der Waals surface area contributed by atoms with Crippen LogP contribution in [0.3, 0.4) is 0 Å². The van der Waals surface area contributed by atoms with Crippen molar-refractivity contribution in [2.45, 2.75) is 283 Å². The highest BCUT2D eigenvalue weighted by Gasteiger charge is 2.23. The van der Waals surface area contributed by atoms with Gasteiger partial charge < -0.3 is 53.9 Å². The third-order valence-corrected chi connectivity index (χ3v) is 17.5. The van der Waals surface area contributed by atoms with Gasteiger partial charge in [-0.05, 0) is 194 Å². The fraction of sp³-hybridized carbons (Fsp3) is 0.947. The molecule has 16 heteroatoms. The summed E-state index contributed by atoms with van der Waals surface area (Å²) >= 11 is 0. The summed E-state index contributed by atoms with van der Waals surface area (Å²) in [6.07, 6.45) is 24.4. The first kappa shape index (κ1) is 90.0. The molecule has 16 nitrogen and oxygen atoms in total. The number of amides is 1. The summed E-state index contributed by atoms with van der Waals surface area (Å²) in [7, 11) is 2.11. The normalized spacial score (nSPS) is 19.6. The number of hydrogen-bond acceptors (Lipinski definition) is 15. The first-order valence-electron chi connectivity index (χ1n) is 37.9. The number of Topliss-reactive ketones (excluding diaryl/α,β-unsaturated/α-hetero) is 3. The molecule has 0 bridgehead atoms. The molecule has 1 saturated carbocycles. The Hall–Kier alpha value is -1.96. The van der Waals surface area contributed by atoms with Gasteiger partial charge in [0.05, 0.1) is 50.8 Å².